The van der Waals surface area contributed by atoms with E-state index in [4.69, 9.17) is 50.0 Å². The van der Waals surface area contributed by atoms with Crippen molar-refractivity contribution < 1.29 is 23.9 Å². The summed E-state index contributed by atoms with van der Waals surface area (Å²) in [5, 5.41) is 2.28. The second-order valence-electron chi connectivity index (χ2n) is 5.63. The van der Waals surface area contributed by atoms with E-state index in [2.05, 4.69) is 10.3 Å². The summed E-state index contributed by atoms with van der Waals surface area (Å²) in [6, 6.07) is 0. The number of aromatic nitrogens is 1. The number of thiophene rings is 1. The molecule has 0 atom stereocenters. The maximum atomic E-state index is 12.2. The first-order chi connectivity index (χ1) is 13.6. The van der Waals surface area contributed by atoms with E-state index in [-0.39, 0.29) is 38.8 Å². The number of nitrogens with one attached hydrogen (secondary N) is 1. The number of carbonyl (C=O) groups is 3. The number of nitrogens with two attached hydrogens (primary N) is 1. The molecule has 0 bridgehead atoms. The van der Waals surface area contributed by atoms with E-state index in [0.29, 0.717) is 10.6 Å². The Kier molecular flexibility index (Phi) is 7.70. The van der Waals surface area contributed by atoms with Crippen LogP contribution in [0.2, 0.25) is 15.2 Å². The standard InChI is InChI=1S/C17H16Cl3N3O5S/c1-4-27-16(25)9-6(2)7(3)29-15(9)22-8(24)5-28-17(26)13-10(18)12(21)11(19)14(20)23-13/h4-5H2,1-3H3,(H2,21,23)(H,22,24). The molecule has 2 aromatic rings. The summed E-state index contributed by atoms with van der Waals surface area (Å²) in [5.74, 6) is -2.24. The molecule has 0 aliphatic heterocycles. The molecular formula is C17H16Cl3N3O5S. The minimum absolute atomic E-state index is 0.0964. The van der Waals surface area contributed by atoms with Crippen LogP contribution in [0.3, 0.4) is 0 Å². The second kappa shape index (κ2) is 9.62. The van der Waals surface area contributed by atoms with E-state index < -0.39 is 24.5 Å². The van der Waals surface area contributed by atoms with Gasteiger partial charge in [0.05, 0.1) is 22.9 Å². The predicted octanol–water partition coefficient (Wildman–Crippen LogP) is 4.27. The van der Waals surface area contributed by atoms with Gasteiger partial charge in [0.1, 0.15) is 10.0 Å². The number of hydrogen-bond donors (Lipinski definition) is 2. The summed E-state index contributed by atoms with van der Waals surface area (Å²) < 4.78 is 9.93. The fourth-order valence-corrected chi connectivity index (χ4v) is 3.84. The van der Waals surface area contributed by atoms with E-state index in [0.717, 1.165) is 4.88 Å². The molecule has 2 rings (SSSR count). The van der Waals surface area contributed by atoms with Crippen LogP contribution in [0.4, 0.5) is 10.7 Å². The Morgan fingerprint density at radius 2 is 1.76 bits per heavy atom. The van der Waals surface area contributed by atoms with Crippen molar-refractivity contribution in [2.24, 2.45) is 0 Å². The zero-order valence-corrected chi connectivity index (χ0v) is 18.6. The van der Waals surface area contributed by atoms with Gasteiger partial charge in [-0.05, 0) is 26.3 Å². The van der Waals surface area contributed by atoms with Crippen molar-refractivity contribution in [1.82, 2.24) is 4.98 Å². The van der Waals surface area contributed by atoms with Crippen LogP contribution in [0.25, 0.3) is 0 Å². The SMILES string of the molecule is CCOC(=O)c1c(NC(=O)COC(=O)c2nc(Cl)c(Cl)c(N)c2Cl)sc(C)c1C. The van der Waals surface area contributed by atoms with Crippen LogP contribution >= 0.6 is 46.1 Å². The van der Waals surface area contributed by atoms with Crippen molar-refractivity contribution in [2.75, 3.05) is 24.3 Å². The van der Waals surface area contributed by atoms with Gasteiger partial charge in [-0.15, -0.1) is 11.3 Å². The van der Waals surface area contributed by atoms with Crippen molar-refractivity contribution >= 4 is 74.7 Å². The molecule has 0 aliphatic rings. The Labute approximate surface area is 185 Å². The number of ether oxygens (including phenoxy) is 2. The summed E-state index contributed by atoms with van der Waals surface area (Å²) >= 11 is 18.7. The molecule has 0 fully saturated rings. The molecule has 3 N–H and O–H groups in total. The number of pyridine rings is 1. The van der Waals surface area contributed by atoms with E-state index in [1.54, 1.807) is 20.8 Å². The zero-order valence-electron chi connectivity index (χ0n) is 15.5. The van der Waals surface area contributed by atoms with Gasteiger partial charge in [0.2, 0.25) is 0 Å². The summed E-state index contributed by atoms with van der Waals surface area (Å²) in [6.07, 6.45) is 0. The Balaban J connectivity index is 2.11. The maximum Gasteiger partial charge on any atom is 0.359 e. The average molecular weight is 481 g/mol. The summed E-state index contributed by atoms with van der Waals surface area (Å²) in [6.45, 7) is 4.77. The highest BCUT2D eigenvalue weighted by Crippen LogP contribution is 2.35. The third kappa shape index (κ3) is 5.11. The number of anilines is 2. The van der Waals surface area contributed by atoms with Gasteiger partial charge in [0.25, 0.3) is 5.91 Å². The molecule has 0 spiro atoms. The fourth-order valence-electron chi connectivity index (χ4n) is 2.19. The summed E-state index contributed by atoms with van der Waals surface area (Å²) in [5.41, 5.74) is 6.10. The summed E-state index contributed by atoms with van der Waals surface area (Å²) in [7, 11) is 0. The van der Waals surface area contributed by atoms with Gasteiger partial charge >= 0.3 is 11.9 Å². The predicted molar refractivity (Wildman–Crippen MR) is 112 cm³/mol. The van der Waals surface area contributed by atoms with Crippen molar-refractivity contribution in [3.8, 4) is 0 Å². The lowest BCUT2D eigenvalue weighted by Crippen LogP contribution is -2.22. The molecule has 0 saturated carbocycles. The van der Waals surface area contributed by atoms with Crippen LogP contribution in [-0.2, 0) is 14.3 Å². The Hall–Kier alpha value is -2.07. The van der Waals surface area contributed by atoms with E-state index in [9.17, 15) is 14.4 Å². The Morgan fingerprint density at radius 3 is 2.38 bits per heavy atom. The highest BCUT2D eigenvalue weighted by molar-refractivity contribution is 7.16. The van der Waals surface area contributed by atoms with Gasteiger partial charge in [-0.3, -0.25) is 4.79 Å². The smallest absolute Gasteiger partial charge is 0.359 e. The number of halogens is 3. The molecule has 156 valence electrons. The van der Waals surface area contributed by atoms with E-state index >= 15 is 0 Å². The van der Waals surface area contributed by atoms with Crippen molar-refractivity contribution in [3.63, 3.8) is 0 Å². The van der Waals surface area contributed by atoms with E-state index in [1.807, 2.05) is 0 Å². The van der Waals surface area contributed by atoms with Gasteiger partial charge in [-0.1, -0.05) is 34.8 Å². The molecule has 1 amide bonds. The third-order valence-corrected chi connectivity index (χ3v) is 5.98. The van der Waals surface area contributed by atoms with Crippen molar-refractivity contribution in [3.05, 3.63) is 36.9 Å². The minimum Gasteiger partial charge on any atom is -0.462 e. The first kappa shape index (κ1) is 23.2. The van der Waals surface area contributed by atoms with Gasteiger partial charge in [-0.25, -0.2) is 14.6 Å². The molecule has 12 heteroatoms. The molecule has 0 radical (unpaired) electrons. The molecular weight excluding hydrogens is 465 g/mol. The van der Waals surface area contributed by atoms with Gasteiger partial charge in [-0.2, -0.15) is 0 Å². The topological polar surface area (TPSA) is 121 Å². The van der Waals surface area contributed by atoms with Gasteiger partial charge in [0.15, 0.2) is 17.5 Å². The number of aryl methyl sites for hydroxylation is 1. The highest BCUT2D eigenvalue weighted by atomic mass is 35.5. The monoisotopic (exact) mass is 479 g/mol. The lowest BCUT2D eigenvalue weighted by Gasteiger charge is -2.10. The quantitative estimate of drug-likeness (QED) is 0.467. The number of esters is 2. The normalized spacial score (nSPS) is 10.6. The number of hydrogen-bond acceptors (Lipinski definition) is 8. The molecule has 2 aromatic heterocycles. The molecule has 0 unspecified atom stereocenters. The largest absolute Gasteiger partial charge is 0.462 e. The first-order valence-electron chi connectivity index (χ1n) is 8.12. The Morgan fingerprint density at radius 1 is 1.10 bits per heavy atom. The average Bonchev–Trinajstić information content (AvgIpc) is 2.94. The molecule has 0 aliphatic carbocycles. The molecule has 0 saturated heterocycles. The van der Waals surface area contributed by atoms with Gasteiger partial charge < -0.3 is 20.5 Å². The first-order valence-corrected chi connectivity index (χ1v) is 10.1. The van der Waals surface area contributed by atoms with Gasteiger partial charge in [0, 0.05) is 4.88 Å². The van der Waals surface area contributed by atoms with Crippen LogP contribution < -0.4 is 11.1 Å². The lowest BCUT2D eigenvalue weighted by molar-refractivity contribution is -0.119. The second-order valence-corrected chi connectivity index (χ2v) is 7.96. The molecule has 29 heavy (non-hydrogen) atoms. The number of rotatable bonds is 6. The number of nitrogen functional groups attached to an aromatic ring is 1. The lowest BCUT2D eigenvalue weighted by atomic mass is 10.1. The van der Waals surface area contributed by atoms with Crippen LogP contribution in [-0.4, -0.2) is 36.0 Å². The van der Waals surface area contributed by atoms with Crippen LogP contribution in [0.1, 0.15) is 38.2 Å². The number of nitrogens with zero attached hydrogens (tertiary/aromatic N) is 1. The molecule has 8 nitrogen and oxygen atoms in total. The van der Waals surface area contributed by atoms with Crippen LogP contribution in [0.5, 0.6) is 0 Å². The minimum atomic E-state index is -1.01. The molecule has 0 aromatic carbocycles. The highest BCUT2D eigenvalue weighted by Gasteiger charge is 2.24. The third-order valence-electron chi connectivity index (χ3n) is 3.72. The number of carbonyl (C=O) groups excluding carboxylic acids is 3. The maximum absolute atomic E-state index is 12.2. The summed E-state index contributed by atoms with van der Waals surface area (Å²) in [4.78, 5) is 41.1. The van der Waals surface area contributed by atoms with Crippen LogP contribution in [0, 0.1) is 13.8 Å². The zero-order chi connectivity index (χ0) is 21.9. The molecule has 2 heterocycles. The van der Waals surface area contributed by atoms with Crippen molar-refractivity contribution in [1.29, 1.82) is 0 Å². The Bertz CT molecular complexity index is 993. The fraction of sp³-hybridized carbons (Fsp3) is 0.294. The van der Waals surface area contributed by atoms with E-state index in [1.165, 1.54) is 11.3 Å². The van der Waals surface area contributed by atoms with Crippen LogP contribution in [0.15, 0.2) is 0 Å². The number of amides is 1. The van der Waals surface area contributed by atoms with Crippen molar-refractivity contribution in [2.45, 2.75) is 20.8 Å².